The highest BCUT2D eigenvalue weighted by atomic mass is 32.3. The van der Waals surface area contributed by atoms with E-state index in [9.17, 15) is 66.6 Å². The Kier molecular flexibility index (Phi) is 33.6. The van der Waals surface area contributed by atoms with Crippen LogP contribution < -0.4 is 5.32 Å². The van der Waals surface area contributed by atoms with Gasteiger partial charge < -0.3 is 29.4 Å². The van der Waals surface area contributed by atoms with Gasteiger partial charge in [0, 0.05) is 26.6 Å². The van der Waals surface area contributed by atoms with Crippen LogP contribution in [0.5, 0.6) is 0 Å². The molecule has 28 heteroatoms. The molecule has 0 bridgehead atoms. The number of carboxylic acids is 1. The molecule has 1 amide bonds. The first-order valence-corrected chi connectivity index (χ1v) is 29.9. The van der Waals surface area contributed by atoms with Crippen LogP contribution in [0.1, 0.15) is 181 Å². The molecule has 1 heterocycles. The zero-order valence-electron chi connectivity index (χ0n) is 40.9. The first-order chi connectivity index (χ1) is 32.8. The Bertz CT molecular complexity index is 1890. The minimum Gasteiger partial charge on any atom is -0.477 e. The van der Waals surface area contributed by atoms with E-state index in [4.69, 9.17) is 23.1 Å². The lowest BCUT2D eigenvalue weighted by atomic mass is 9.88. The summed E-state index contributed by atoms with van der Waals surface area (Å²) in [4.78, 5) is 25.7. The highest BCUT2D eigenvalue weighted by Crippen LogP contribution is 2.37. The van der Waals surface area contributed by atoms with E-state index >= 15 is 0 Å². The van der Waals surface area contributed by atoms with Gasteiger partial charge in [0.1, 0.15) is 30.5 Å². The summed E-state index contributed by atoms with van der Waals surface area (Å²) < 4.78 is 175. The van der Waals surface area contributed by atoms with E-state index in [-0.39, 0.29) is 19.8 Å². The number of hydrogen-bond donors (Lipinski definition) is 6. The second-order valence-electron chi connectivity index (χ2n) is 17.6. The van der Waals surface area contributed by atoms with E-state index in [0.717, 1.165) is 64.7 Å². The van der Waals surface area contributed by atoms with E-state index in [1.807, 2.05) is 5.32 Å². The van der Waals surface area contributed by atoms with Gasteiger partial charge in [-0.05, 0) is 12.8 Å². The van der Waals surface area contributed by atoms with Crippen LogP contribution in [0.15, 0.2) is 0 Å². The van der Waals surface area contributed by atoms with Crippen LogP contribution >= 0.6 is 0 Å². The quantitative estimate of drug-likeness (QED) is 0.0289. The molecule has 416 valence electrons. The van der Waals surface area contributed by atoms with Crippen LogP contribution in [0.3, 0.4) is 0 Å². The molecule has 24 nitrogen and oxygen atoms in total. The predicted octanol–water partition coefficient (Wildman–Crippen LogP) is 6.26. The molecule has 0 aromatic rings. The Hall–Kier alpha value is -1.74. The molecule has 70 heavy (non-hydrogen) atoms. The third-order valence-electron chi connectivity index (χ3n) is 11.3. The van der Waals surface area contributed by atoms with Crippen LogP contribution in [0.4, 0.5) is 0 Å². The average Bonchev–Trinajstić information content (AvgIpc) is 3.24. The fourth-order valence-corrected chi connectivity index (χ4v) is 9.75. The van der Waals surface area contributed by atoms with Gasteiger partial charge in [0.25, 0.3) is 5.79 Å². The summed E-state index contributed by atoms with van der Waals surface area (Å²) >= 11 is 0. The average molecular weight is 1100 g/mol. The molecule has 0 spiro atoms. The van der Waals surface area contributed by atoms with Crippen molar-refractivity contribution in [3.8, 4) is 0 Å². The number of nitrogens with one attached hydrogen (secondary N) is 1. The summed E-state index contributed by atoms with van der Waals surface area (Å²) in [6.45, 7) is 2.91. The maximum absolute atomic E-state index is 13.2. The number of amides is 1. The number of carbonyl (C=O) groups excluding carboxylic acids is 1. The van der Waals surface area contributed by atoms with Crippen molar-refractivity contribution in [3.63, 3.8) is 0 Å². The lowest BCUT2D eigenvalue weighted by Gasteiger charge is -2.48. The van der Waals surface area contributed by atoms with Gasteiger partial charge in [0.05, 0.1) is 25.9 Å². The lowest BCUT2D eigenvalue weighted by molar-refractivity contribution is -0.312. The fraction of sp³-hybridized carbons (Fsp3) is 0.952. The van der Waals surface area contributed by atoms with E-state index in [1.165, 1.54) is 83.5 Å². The zero-order chi connectivity index (χ0) is 52.7. The fourth-order valence-electron chi connectivity index (χ4n) is 7.95. The van der Waals surface area contributed by atoms with Crippen molar-refractivity contribution >= 4 is 53.5 Å². The number of rotatable bonds is 45. The maximum Gasteiger partial charge on any atom is 0.397 e. The van der Waals surface area contributed by atoms with Crippen LogP contribution in [0.2, 0.25) is 0 Å². The number of carbonyl (C=O) groups is 2. The lowest BCUT2D eigenvalue weighted by Crippen LogP contribution is -2.69. The molecule has 1 fully saturated rings. The third-order valence-corrected chi connectivity index (χ3v) is 13.2. The normalized spacial score (nSPS) is 20.5. The third kappa shape index (κ3) is 33.2. The molecule has 0 unspecified atom stereocenters. The van der Waals surface area contributed by atoms with Crippen molar-refractivity contribution < 1.29 is 102 Å². The molecule has 1 aliphatic rings. The standard InChI is InChI=1S/C42H81NO23S4/c1-4-6-8-10-12-14-16-18-20-22-24-26-28-59-31-35(60-29-27-25-23-21-19-17-15-13-11-9-7-5-2)32-61-42(41(45)46)30-36(64-68(50,51)52)38(43-34(3)44)40(63-42)39(66-70(56,57)58)37(65-69(53,54)55)33-62-67(47,48)49/h35-40H,4-33H2,1-3H3,(H,43,44)(H,45,46)(H,47,48,49)(H,50,51,52)(H,53,54,55)(H,56,57,58)/t35-,36+,37-,38-,39-,40-,42+/m1/s1. The second-order valence-corrected chi connectivity index (χ2v) is 21.8. The second kappa shape index (κ2) is 35.5. The molecule has 1 saturated heterocycles. The minimum atomic E-state index is -5.92. The molecule has 6 N–H and O–H groups in total. The smallest absolute Gasteiger partial charge is 0.397 e. The summed E-state index contributed by atoms with van der Waals surface area (Å²) in [5.41, 5.74) is 0. The summed E-state index contributed by atoms with van der Waals surface area (Å²) in [7, 11) is -23.0. The van der Waals surface area contributed by atoms with E-state index in [0.29, 0.717) is 12.8 Å². The largest absolute Gasteiger partial charge is 0.477 e. The van der Waals surface area contributed by atoms with Gasteiger partial charge in [-0.25, -0.2) is 21.5 Å². The van der Waals surface area contributed by atoms with Crippen molar-refractivity contribution in [2.75, 3.05) is 33.0 Å². The Morgan fingerprint density at radius 3 is 1.44 bits per heavy atom. The van der Waals surface area contributed by atoms with Crippen molar-refractivity contribution in [1.82, 2.24) is 5.32 Å². The molecule has 1 aliphatic heterocycles. The van der Waals surface area contributed by atoms with Crippen LogP contribution in [0, 0.1) is 0 Å². The maximum atomic E-state index is 13.2. The van der Waals surface area contributed by atoms with Crippen molar-refractivity contribution in [2.45, 2.75) is 224 Å². The predicted molar refractivity (Wildman–Crippen MR) is 253 cm³/mol. The Labute approximate surface area is 416 Å². The van der Waals surface area contributed by atoms with E-state index < -0.39 is 115 Å². The molecule has 0 aromatic carbocycles. The molecule has 7 atom stereocenters. The number of ether oxygens (including phenoxy) is 4. The Morgan fingerprint density at radius 1 is 0.600 bits per heavy atom. The number of unbranched alkanes of at least 4 members (excludes halogenated alkanes) is 22. The first-order valence-electron chi connectivity index (χ1n) is 24.4. The monoisotopic (exact) mass is 1100 g/mol. The molecule has 0 aliphatic carbocycles. The van der Waals surface area contributed by atoms with Crippen molar-refractivity contribution in [2.24, 2.45) is 0 Å². The summed E-state index contributed by atoms with van der Waals surface area (Å²) in [5, 5.41) is 12.7. The van der Waals surface area contributed by atoms with Gasteiger partial charge in [0.2, 0.25) is 5.91 Å². The van der Waals surface area contributed by atoms with Crippen LogP contribution in [-0.4, -0.2) is 144 Å². The first kappa shape index (κ1) is 66.3. The van der Waals surface area contributed by atoms with E-state index in [2.05, 4.69) is 26.4 Å². The van der Waals surface area contributed by atoms with Crippen molar-refractivity contribution in [3.05, 3.63) is 0 Å². The van der Waals surface area contributed by atoms with Crippen LogP contribution in [0.25, 0.3) is 0 Å². The Balaban J connectivity index is 3.41. The van der Waals surface area contributed by atoms with Gasteiger partial charge in [-0.15, -0.1) is 0 Å². The van der Waals surface area contributed by atoms with Gasteiger partial charge >= 0.3 is 47.6 Å². The molecular formula is C42H81NO23S4. The molecule has 0 saturated carbocycles. The topological polar surface area (TPSA) is 358 Å². The molecular weight excluding hydrogens is 1010 g/mol. The van der Waals surface area contributed by atoms with Crippen LogP contribution in [-0.2, 0) is 86.9 Å². The number of carboxylic acid groups (broad SMARTS) is 1. The molecule has 0 radical (unpaired) electrons. The highest BCUT2D eigenvalue weighted by Gasteiger charge is 2.59. The zero-order valence-corrected chi connectivity index (χ0v) is 44.2. The molecule has 1 rings (SSSR count). The SMILES string of the molecule is CCCCCCCCCCCCCCOC[C@H](CO[C@@]1(C(=O)O)C[C@H](OS(=O)(=O)O)[C@@H](NC(C)=O)[C@H]([C@H](OS(=O)(=O)O)[C@@H](COS(=O)(=O)O)OS(=O)(=O)O)O1)OCCCCCCCCCCCCCC. The summed E-state index contributed by atoms with van der Waals surface area (Å²) in [6, 6.07) is -2.25. The number of hydrogen-bond acceptors (Lipinski definition) is 18. The van der Waals surface area contributed by atoms with E-state index in [1.54, 1.807) is 0 Å². The van der Waals surface area contributed by atoms with Gasteiger partial charge in [-0.2, -0.15) is 33.7 Å². The summed E-state index contributed by atoms with van der Waals surface area (Å²) in [5.74, 6) is -6.46. The van der Waals surface area contributed by atoms with Crippen molar-refractivity contribution in [1.29, 1.82) is 0 Å². The van der Waals surface area contributed by atoms with Gasteiger partial charge in [-0.3, -0.25) is 23.0 Å². The number of aliphatic carboxylic acids is 1. The minimum absolute atomic E-state index is 0.156. The molecule has 0 aromatic heterocycles. The summed E-state index contributed by atoms with van der Waals surface area (Å²) in [6.07, 6.45) is 13.0. The van der Waals surface area contributed by atoms with Gasteiger partial charge in [-0.1, -0.05) is 155 Å². The Morgan fingerprint density at radius 2 is 1.04 bits per heavy atom. The van der Waals surface area contributed by atoms with Gasteiger partial charge in [0.15, 0.2) is 0 Å². The highest BCUT2D eigenvalue weighted by molar-refractivity contribution is 7.81.